The highest BCUT2D eigenvalue weighted by molar-refractivity contribution is 5.01. The minimum absolute atomic E-state index is 0.206. The van der Waals surface area contributed by atoms with Gasteiger partial charge in [-0.15, -0.1) is 0 Å². The van der Waals surface area contributed by atoms with Crippen LogP contribution in [0.25, 0.3) is 0 Å². The van der Waals surface area contributed by atoms with Gasteiger partial charge in [0.2, 0.25) is 0 Å². The van der Waals surface area contributed by atoms with E-state index in [9.17, 15) is 5.11 Å². The molecule has 0 aromatic rings. The lowest BCUT2D eigenvalue weighted by Crippen LogP contribution is -2.39. The van der Waals surface area contributed by atoms with E-state index in [-0.39, 0.29) is 12.0 Å². The van der Waals surface area contributed by atoms with Crippen molar-refractivity contribution in [3.63, 3.8) is 0 Å². The molecular weight excluding hydrogens is 178 g/mol. The number of rotatable bonds is 1. The summed E-state index contributed by atoms with van der Waals surface area (Å²) in [5, 5.41) is 18.8. The van der Waals surface area contributed by atoms with Crippen molar-refractivity contribution in [2.45, 2.75) is 57.8 Å². The maximum Gasteiger partial charge on any atom is 0.151 e. The first-order chi connectivity index (χ1) is 6.48. The first-order valence-electron chi connectivity index (χ1n) is 5.25. The zero-order valence-corrected chi connectivity index (χ0v) is 9.16. The molecule has 14 heavy (non-hydrogen) atoms. The Labute approximate surface area is 85.7 Å². The van der Waals surface area contributed by atoms with Crippen molar-refractivity contribution in [3.05, 3.63) is 0 Å². The number of nitrogens with zero attached hydrogens (tertiary/aromatic N) is 1. The normalized spacial score (nSPS) is 39.1. The van der Waals surface area contributed by atoms with Crippen LogP contribution in [0.15, 0.2) is 0 Å². The maximum absolute atomic E-state index is 9.81. The van der Waals surface area contributed by atoms with Crippen LogP contribution in [-0.2, 0) is 4.74 Å². The Morgan fingerprint density at radius 3 is 2.71 bits per heavy atom. The van der Waals surface area contributed by atoms with E-state index in [1.54, 1.807) is 6.92 Å². The zero-order chi connectivity index (χ0) is 10.8. The van der Waals surface area contributed by atoms with Crippen molar-refractivity contribution in [2.24, 2.45) is 5.92 Å². The zero-order valence-electron chi connectivity index (χ0n) is 9.16. The average Bonchev–Trinajstić information content (AvgIpc) is 2.27. The lowest BCUT2D eigenvalue weighted by atomic mass is 9.98. The first kappa shape index (κ1) is 11.5. The van der Waals surface area contributed by atoms with Crippen LogP contribution in [0.3, 0.4) is 0 Å². The molecule has 3 heteroatoms. The number of nitriles is 1. The molecule has 0 saturated carbocycles. The molecule has 0 amide bonds. The largest absolute Gasteiger partial charge is 0.390 e. The molecule has 80 valence electrons. The monoisotopic (exact) mass is 197 g/mol. The molecule has 3 atom stereocenters. The van der Waals surface area contributed by atoms with Gasteiger partial charge in [0.25, 0.3) is 0 Å². The van der Waals surface area contributed by atoms with E-state index in [4.69, 9.17) is 10.00 Å². The van der Waals surface area contributed by atoms with Crippen molar-refractivity contribution >= 4 is 0 Å². The molecule has 0 bridgehead atoms. The fourth-order valence-electron chi connectivity index (χ4n) is 1.91. The van der Waals surface area contributed by atoms with Gasteiger partial charge in [-0.1, -0.05) is 13.8 Å². The molecule has 0 aromatic heterocycles. The molecule has 1 saturated heterocycles. The molecule has 3 nitrogen and oxygen atoms in total. The average molecular weight is 197 g/mol. The van der Waals surface area contributed by atoms with Crippen LogP contribution in [0.2, 0.25) is 0 Å². The summed E-state index contributed by atoms with van der Waals surface area (Å²) < 4.78 is 5.71. The molecule has 0 aliphatic carbocycles. The van der Waals surface area contributed by atoms with Crippen LogP contribution in [0, 0.1) is 17.2 Å². The molecule has 1 aliphatic rings. The second kappa shape index (κ2) is 4.29. The third kappa shape index (κ3) is 2.46. The summed E-state index contributed by atoms with van der Waals surface area (Å²) in [6.07, 6.45) is 1.67. The van der Waals surface area contributed by atoms with Crippen LogP contribution in [-0.4, -0.2) is 22.9 Å². The van der Waals surface area contributed by atoms with Gasteiger partial charge < -0.3 is 9.84 Å². The minimum atomic E-state index is -0.716. The Balaban J connectivity index is 2.78. The summed E-state index contributed by atoms with van der Waals surface area (Å²) in [6, 6.07) is 2.19. The molecule has 0 spiro atoms. The summed E-state index contributed by atoms with van der Waals surface area (Å²) in [5.74, 6) is 0.246. The van der Waals surface area contributed by atoms with Gasteiger partial charge in [-0.3, -0.25) is 0 Å². The van der Waals surface area contributed by atoms with Crippen molar-refractivity contribution in [2.75, 3.05) is 0 Å². The van der Waals surface area contributed by atoms with Gasteiger partial charge in [-0.2, -0.15) is 5.26 Å². The highest BCUT2D eigenvalue weighted by Gasteiger charge is 2.36. The van der Waals surface area contributed by atoms with Gasteiger partial charge in [0.1, 0.15) is 0 Å². The van der Waals surface area contributed by atoms with E-state index in [1.165, 1.54) is 0 Å². The summed E-state index contributed by atoms with van der Waals surface area (Å²) >= 11 is 0. The molecule has 0 aromatic carbocycles. The lowest BCUT2D eigenvalue weighted by Gasteiger charge is -2.30. The first-order valence-corrected chi connectivity index (χ1v) is 5.25. The summed E-state index contributed by atoms with van der Waals surface area (Å²) in [7, 11) is 0. The number of hydrogen-bond donors (Lipinski definition) is 1. The van der Waals surface area contributed by atoms with Crippen molar-refractivity contribution in [3.8, 4) is 6.07 Å². The van der Waals surface area contributed by atoms with E-state index >= 15 is 0 Å². The van der Waals surface area contributed by atoms with Crippen LogP contribution < -0.4 is 0 Å². The van der Waals surface area contributed by atoms with Crippen LogP contribution in [0.5, 0.6) is 0 Å². The number of aliphatic hydroxyl groups is 1. The lowest BCUT2D eigenvalue weighted by molar-refractivity contribution is -0.109. The summed E-state index contributed by atoms with van der Waals surface area (Å²) in [4.78, 5) is 0. The van der Waals surface area contributed by atoms with E-state index in [0.29, 0.717) is 6.42 Å². The van der Waals surface area contributed by atoms with Gasteiger partial charge in [-0.25, -0.2) is 0 Å². The SMILES string of the molecule is CC(C)C1OC(C)(C#N)CCCC1O. The minimum Gasteiger partial charge on any atom is -0.390 e. The number of hydrogen-bond acceptors (Lipinski definition) is 3. The van der Waals surface area contributed by atoms with Gasteiger partial charge in [0.05, 0.1) is 18.3 Å². The summed E-state index contributed by atoms with van der Waals surface area (Å²) in [6.45, 7) is 5.83. The Morgan fingerprint density at radius 1 is 1.57 bits per heavy atom. The molecule has 3 unspecified atom stereocenters. The Morgan fingerprint density at radius 2 is 2.21 bits per heavy atom. The summed E-state index contributed by atoms with van der Waals surface area (Å²) in [5.41, 5.74) is -0.716. The quantitative estimate of drug-likeness (QED) is 0.698. The highest BCUT2D eigenvalue weighted by Crippen LogP contribution is 2.30. The Kier molecular flexibility index (Phi) is 3.52. The van der Waals surface area contributed by atoms with Crippen molar-refractivity contribution in [1.29, 1.82) is 5.26 Å². The number of ether oxygens (including phenoxy) is 1. The molecule has 1 aliphatic heterocycles. The van der Waals surface area contributed by atoms with Crippen LogP contribution in [0.4, 0.5) is 0 Å². The van der Waals surface area contributed by atoms with E-state index in [2.05, 4.69) is 6.07 Å². The van der Waals surface area contributed by atoms with Crippen molar-refractivity contribution < 1.29 is 9.84 Å². The fraction of sp³-hybridized carbons (Fsp3) is 0.909. The van der Waals surface area contributed by atoms with Crippen LogP contribution in [0.1, 0.15) is 40.0 Å². The highest BCUT2D eigenvalue weighted by atomic mass is 16.5. The Hall–Kier alpha value is -0.590. The second-order valence-electron chi connectivity index (χ2n) is 4.63. The van der Waals surface area contributed by atoms with Gasteiger partial charge in [0, 0.05) is 0 Å². The third-order valence-corrected chi connectivity index (χ3v) is 2.82. The van der Waals surface area contributed by atoms with E-state index < -0.39 is 11.7 Å². The topological polar surface area (TPSA) is 53.2 Å². The fourth-order valence-corrected chi connectivity index (χ4v) is 1.91. The van der Waals surface area contributed by atoms with Crippen molar-refractivity contribution in [1.82, 2.24) is 0 Å². The van der Waals surface area contributed by atoms with Gasteiger partial charge in [0.15, 0.2) is 5.60 Å². The molecule has 1 heterocycles. The van der Waals surface area contributed by atoms with E-state index in [1.807, 2.05) is 13.8 Å². The molecular formula is C11H19NO2. The second-order valence-corrected chi connectivity index (χ2v) is 4.63. The van der Waals surface area contributed by atoms with Crippen LogP contribution >= 0.6 is 0 Å². The standard InChI is InChI=1S/C11H19NO2/c1-8(2)10-9(13)5-4-6-11(3,7-12)14-10/h8-10,13H,4-6H2,1-3H3. The maximum atomic E-state index is 9.81. The van der Waals surface area contributed by atoms with E-state index in [0.717, 1.165) is 12.8 Å². The predicted molar refractivity (Wildman–Crippen MR) is 53.6 cm³/mol. The predicted octanol–water partition coefficient (Wildman–Crippen LogP) is 1.85. The van der Waals surface area contributed by atoms with Gasteiger partial charge >= 0.3 is 0 Å². The molecule has 1 fully saturated rings. The number of aliphatic hydroxyl groups excluding tert-OH is 1. The molecule has 1 N–H and O–H groups in total. The van der Waals surface area contributed by atoms with Gasteiger partial charge in [-0.05, 0) is 32.1 Å². The molecule has 0 radical (unpaired) electrons. The Bertz CT molecular complexity index is 234. The molecule has 1 rings (SSSR count). The smallest absolute Gasteiger partial charge is 0.151 e. The third-order valence-electron chi connectivity index (χ3n) is 2.82.